The number of rotatable bonds is 4. The van der Waals surface area contributed by atoms with Crippen molar-refractivity contribution in [3.8, 4) is 0 Å². The molecule has 0 spiro atoms. The highest BCUT2D eigenvalue weighted by Gasteiger charge is 2.47. The summed E-state index contributed by atoms with van der Waals surface area (Å²) < 4.78 is 0. The van der Waals surface area contributed by atoms with Crippen LogP contribution >= 0.6 is 0 Å². The van der Waals surface area contributed by atoms with Crippen molar-refractivity contribution in [1.82, 2.24) is 0 Å². The fourth-order valence-electron chi connectivity index (χ4n) is 3.35. The second-order valence-corrected chi connectivity index (χ2v) is 6.53. The maximum absolute atomic E-state index is 10.6. The molecule has 0 aromatic rings. The van der Waals surface area contributed by atoms with E-state index in [1.807, 2.05) is 0 Å². The molecule has 3 N–H and O–H groups in total. The van der Waals surface area contributed by atoms with Gasteiger partial charge in [0.2, 0.25) is 0 Å². The molecule has 0 amide bonds. The van der Waals surface area contributed by atoms with Crippen LogP contribution in [0.15, 0.2) is 0 Å². The summed E-state index contributed by atoms with van der Waals surface area (Å²) in [5, 5.41) is 10.6. The minimum atomic E-state index is -0.243. The van der Waals surface area contributed by atoms with Crippen molar-refractivity contribution in [1.29, 1.82) is 0 Å². The van der Waals surface area contributed by atoms with Crippen LogP contribution in [0.25, 0.3) is 0 Å². The van der Waals surface area contributed by atoms with Gasteiger partial charge in [0.25, 0.3) is 0 Å². The van der Waals surface area contributed by atoms with E-state index in [0.717, 1.165) is 19.3 Å². The monoisotopic (exact) mass is 227 g/mol. The van der Waals surface area contributed by atoms with Crippen molar-refractivity contribution < 1.29 is 5.11 Å². The van der Waals surface area contributed by atoms with E-state index in [9.17, 15) is 5.11 Å². The SMILES string of the molecule is CCC(C)CC1(CN)CCCC(C)(C)C1O. The Hall–Kier alpha value is -0.0800. The van der Waals surface area contributed by atoms with Crippen LogP contribution in [0.1, 0.15) is 59.8 Å². The van der Waals surface area contributed by atoms with Gasteiger partial charge in [0.1, 0.15) is 0 Å². The normalized spacial score (nSPS) is 36.0. The number of aliphatic hydroxyl groups is 1. The predicted octanol–water partition coefficient (Wildman–Crippen LogP) is 2.94. The molecular formula is C14H29NO. The van der Waals surface area contributed by atoms with E-state index in [0.29, 0.717) is 12.5 Å². The van der Waals surface area contributed by atoms with Gasteiger partial charge in [-0.1, -0.05) is 40.5 Å². The summed E-state index contributed by atoms with van der Waals surface area (Å²) >= 11 is 0. The second-order valence-electron chi connectivity index (χ2n) is 6.53. The second kappa shape index (κ2) is 5.05. The summed E-state index contributed by atoms with van der Waals surface area (Å²) in [4.78, 5) is 0. The first kappa shape index (κ1) is 14.0. The van der Waals surface area contributed by atoms with E-state index >= 15 is 0 Å². The first-order valence-corrected chi connectivity index (χ1v) is 6.76. The predicted molar refractivity (Wildman–Crippen MR) is 69.2 cm³/mol. The van der Waals surface area contributed by atoms with E-state index in [1.165, 1.54) is 12.8 Å². The van der Waals surface area contributed by atoms with E-state index in [4.69, 9.17) is 5.73 Å². The van der Waals surface area contributed by atoms with Gasteiger partial charge in [0, 0.05) is 12.0 Å². The Bertz CT molecular complexity index is 227. The topological polar surface area (TPSA) is 46.2 Å². The summed E-state index contributed by atoms with van der Waals surface area (Å²) in [6.45, 7) is 9.47. The van der Waals surface area contributed by atoms with Gasteiger partial charge >= 0.3 is 0 Å². The zero-order valence-corrected chi connectivity index (χ0v) is 11.4. The van der Waals surface area contributed by atoms with Crippen molar-refractivity contribution in [3.05, 3.63) is 0 Å². The summed E-state index contributed by atoms with van der Waals surface area (Å²) in [5.74, 6) is 0.659. The fourth-order valence-corrected chi connectivity index (χ4v) is 3.35. The van der Waals surface area contributed by atoms with Gasteiger partial charge in [0.15, 0.2) is 0 Å². The molecule has 0 aliphatic heterocycles. The molecular weight excluding hydrogens is 198 g/mol. The zero-order chi connectivity index (χ0) is 12.4. The molecule has 1 rings (SSSR count). The van der Waals surface area contributed by atoms with Crippen molar-refractivity contribution in [2.75, 3.05) is 6.54 Å². The molecule has 0 aromatic carbocycles. The molecule has 0 heterocycles. The molecule has 3 unspecified atom stereocenters. The number of hydrogen-bond acceptors (Lipinski definition) is 2. The Morgan fingerprint density at radius 3 is 2.50 bits per heavy atom. The minimum Gasteiger partial charge on any atom is -0.392 e. The van der Waals surface area contributed by atoms with Gasteiger partial charge in [-0.05, 0) is 30.6 Å². The molecule has 3 atom stereocenters. The van der Waals surface area contributed by atoms with Crippen LogP contribution in [0.4, 0.5) is 0 Å². The highest BCUT2D eigenvalue weighted by molar-refractivity contribution is 4.99. The van der Waals surface area contributed by atoms with Gasteiger partial charge in [0.05, 0.1) is 6.10 Å². The molecule has 2 nitrogen and oxygen atoms in total. The number of nitrogens with two attached hydrogens (primary N) is 1. The molecule has 0 saturated heterocycles. The van der Waals surface area contributed by atoms with Gasteiger partial charge < -0.3 is 10.8 Å². The highest BCUT2D eigenvalue weighted by Crippen LogP contribution is 2.49. The minimum absolute atomic E-state index is 0.0306. The summed E-state index contributed by atoms with van der Waals surface area (Å²) in [6.07, 6.45) is 5.43. The van der Waals surface area contributed by atoms with Crippen LogP contribution < -0.4 is 5.73 Å². The molecule has 1 aliphatic rings. The lowest BCUT2D eigenvalue weighted by Gasteiger charge is -2.50. The maximum Gasteiger partial charge on any atom is 0.0659 e. The fraction of sp³-hybridized carbons (Fsp3) is 1.00. The summed E-state index contributed by atoms with van der Waals surface area (Å²) in [5.41, 5.74) is 6.00. The van der Waals surface area contributed by atoms with E-state index in [1.54, 1.807) is 0 Å². The molecule has 96 valence electrons. The lowest BCUT2D eigenvalue weighted by Crippen LogP contribution is -2.52. The number of aliphatic hydroxyl groups excluding tert-OH is 1. The van der Waals surface area contributed by atoms with Gasteiger partial charge in [-0.25, -0.2) is 0 Å². The van der Waals surface area contributed by atoms with Crippen molar-refractivity contribution in [2.45, 2.75) is 65.9 Å². The third-order valence-corrected chi connectivity index (χ3v) is 4.67. The van der Waals surface area contributed by atoms with Crippen molar-refractivity contribution >= 4 is 0 Å². The Kier molecular flexibility index (Phi) is 4.42. The smallest absolute Gasteiger partial charge is 0.0659 e. The van der Waals surface area contributed by atoms with Crippen molar-refractivity contribution in [3.63, 3.8) is 0 Å². The van der Waals surface area contributed by atoms with Crippen LogP contribution in [0.5, 0.6) is 0 Å². The Balaban J connectivity index is 2.84. The lowest BCUT2D eigenvalue weighted by molar-refractivity contribution is -0.0981. The third kappa shape index (κ3) is 2.60. The molecule has 0 radical (unpaired) electrons. The van der Waals surface area contributed by atoms with Crippen molar-refractivity contribution in [2.24, 2.45) is 22.5 Å². The molecule has 1 fully saturated rings. The van der Waals surface area contributed by atoms with Crippen LogP contribution in [0, 0.1) is 16.7 Å². The van der Waals surface area contributed by atoms with Crippen LogP contribution in [0.2, 0.25) is 0 Å². The number of hydrogen-bond donors (Lipinski definition) is 2. The van der Waals surface area contributed by atoms with Gasteiger partial charge in [-0.3, -0.25) is 0 Å². The molecule has 0 aromatic heterocycles. The average Bonchev–Trinajstić information content (AvgIpc) is 2.24. The van der Waals surface area contributed by atoms with Gasteiger partial charge in [-0.15, -0.1) is 0 Å². The summed E-state index contributed by atoms with van der Waals surface area (Å²) in [7, 11) is 0. The first-order valence-electron chi connectivity index (χ1n) is 6.76. The molecule has 16 heavy (non-hydrogen) atoms. The average molecular weight is 227 g/mol. The molecule has 2 heteroatoms. The third-order valence-electron chi connectivity index (χ3n) is 4.67. The standard InChI is InChI=1S/C14H29NO/c1-5-11(2)9-14(10-15)8-6-7-13(3,4)12(14)16/h11-12,16H,5-10,15H2,1-4H3. The quantitative estimate of drug-likeness (QED) is 0.775. The molecule has 0 bridgehead atoms. The Labute approximate surface area is 101 Å². The van der Waals surface area contributed by atoms with E-state index in [-0.39, 0.29) is 16.9 Å². The van der Waals surface area contributed by atoms with Gasteiger partial charge in [-0.2, -0.15) is 0 Å². The van der Waals surface area contributed by atoms with Crippen LogP contribution in [0.3, 0.4) is 0 Å². The summed E-state index contributed by atoms with van der Waals surface area (Å²) in [6, 6.07) is 0. The van der Waals surface area contributed by atoms with Crippen LogP contribution in [-0.2, 0) is 0 Å². The highest BCUT2D eigenvalue weighted by atomic mass is 16.3. The Morgan fingerprint density at radius 2 is 2.00 bits per heavy atom. The van der Waals surface area contributed by atoms with Crippen LogP contribution in [-0.4, -0.2) is 17.8 Å². The Morgan fingerprint density at radius 1 is 1.38 bits per heavy atom. The van der Waals surface area contributed by atoms with E-state index in [2.05, 4.69) is 27.7 Å². The lowest BCUT2D eigenvalue weighted by atomic mass is 9.58. The maximum atomic E-state index is 10.6. The zero-order valence-electron chi connectivity index (χ0n) is 11.4. The first-order chi connectivity index (χ1) is 7.38. The molecule has 1 aliphatic carbocycles. The molecule has 1 saturated carbocycles. The van der Waals surface area contributed by atoms with E-state index < -0.39 is 0 Å². The largest absolute Gasteiger partial charge is 0.392 e.